The number of aromatic carboxylic acids is 1. The predicted octanol–water partition coefficient (Wildman–Crippen LogP) is 2.05. The number of ether oxygens (including phenoxy) is 1. The van der Waals surface area contributed by atoms with E-state index in [0.717, 1.165) is 5.56 Å². The van der Waals surface area contributed by atoms with Crippen LogP contribution in [0.5, 0.6) is 0 Å². The van der Waals surface area contributed by atoms with Crippen LogP contribution in [-0.2, 0) is 9.53 Å². The normalized spacial score (nSPS) is 11.9. The summed E-state index contributed by atoms with van der Waals surface area (Å²) in [5, 5.41) is 8.74. The third kappa shape index (κ3) is 2.59. The lowest BCUT2D eigenvalue weighted by Gasteiger charge is -2.12. The first-order valence-electron chi connectivity index (χ1n) is 5.01. The van der Waals surface area contributed by atoms with Crippen molar-refractivity contribution in [3.05, 3.63) is 35.4 Å². The Bertz CT molecular complexity index is 381. The highest BCUT2D eigenvalue weighted by atomic mass is 16.5. The summed E-state index contributed by atoms with van der Waals surface area (Å²) in [4.78, 5) is 22.1. The molecule has 4 nitrogen and oxygen atoms in total. The summed E-state index contributed by atoms with van der Waals surface area (Å²) in [5.41, 5.74) is 0.989. The number of methoxy groups -OCH3 is 1. The fraction of sp³-hybridized carbons (Fsp3) is 0.333. The molecule has 1 N–H and O–H groups in total. The van der Waals surface area contributed by atoms with Gasteiger partial charge in [0.2, 0.25) is 0 Å². The van der Waals surface area contributed by atoms with E-state index < -0.39 is 5.97 Å². The number of rotatable bonds is 4. The molecule has 86 valence electrons. The molecule has 0 saturated heterocycles. The van der Waals surface area contributed by atoms with Gasteiger partial charge in [-0.25, -0.2) is 4.79 Å². The molecule has 0 amide bonds. The molecule has 0 spiro atoms. The molecular weight excluding hydrogens is 208 g/mol. The van der Waals surface area contributed by atoms with Gasteiger partial charge < -0.3 is 9.84 Å². The summed E-state index contributed by atoms with van der Waals surface area (Å²) < 4.78 is 4.68. The summed E-state index contributed by atoms with van der Waals surface area (Å²) >= 11 is 0. The lowest BCUT2D eigenvalue weighted by atomic mass is 9.96. The van der Waals surface area contributed by atoms with Crippen molar-refractivity contribution in [3.63, 3.8) is 0 Å². The third-order valence-electron chi connectivity index (χ3n) is 2.45. The van der Waals surface area contributed by atoms with Gasteiger partial charge in [0.25, 0.3) is 0 Å². The molecule has 0 saturated carbocycles. The van der Waals surface area contributed by atoms with Crippen LogP contribution in [0.1, 0.15) is 35.2 Å². The van der Waals surface area contributed by atoms with Crippen molar-refractivity contribution < 1.29 is 19.4 Å². The Morgan fingerprint density at radius 1 is 1.31 bits per heavy atom. The van der Waals surface area contributed by atoms with Crippen molar-refractivity contribution in [2.45, 2.75) is 19.3 Å². The highest BCUT2D eigenvalue weighted by Crippen LogP contribution is 2.21. The van der Waals surface area contributed by atoms with Crippen LogP contribution in [0.2, 0.25) is 0 Å². The van der Waals surface area contributed by atoms with Crippen molar-refractivity contribution >= 4 is 11.9 Å². The number of carboxylic acids is 1. The van der Waals surface area contributed by atoms with E-state index in [1.165, 1.54) is 19.2 Å². The Morgan fingerprint density at radius 3 is 2.25 bits per heavy atom. The minimum Gasteiger partial charge on any atom is -0.478 e. The van der Waals surface area contributed by atoms with Gasteiger partial charge in [0.1, 0.15) is 0 Å². The van der Waals surface area contributed by atoms with Gasteiger partial charge in [-0.05, 0) is 24.1 Å². The predicted molar refractivity (Wildman–Crippen MR) is 58.4 cm³/mol. The van der Waals surface area contributed by atoms with Gasteiger partial charge in [-0.3, -0.25) is 4.79 Å². The molecule has 1 rings (SSSR count). The van der Waals surface area contributed by atoms with E-state index in [1.807, 2.05) is 6.92 Å². The Kier molecular flexibility index (Phi) is 4.05. The van der Waals surface area contributed by atoms with E-state index in [-0.39, 0.29) is 17.5 Å². The average molecular weight is 222 g/mol. The third-order valence-corrected chi connectivity index (χ3v) is 2.45. The molecule has 0 bridgehead atoms. The zero-order chi connectivity index (χ0) is 12.1. The van der Waals surface area contributed by atoms with Gasteiger partial charge in [0, 0.05) is 0 Å². The van der Waals surface area contributed by atoms with Crippen LogP contribution in [0.4, 0.5) is 0 Å². The van der Waals surface area contributed by atoms with E-state index in [9.17, 15) is 9.59 Å². The molecule has 0 aliphatic heterocycles. The average Bonchev–Trinajstić information content (AvgIpc) is 2.30. The molecule has 1 aromatic rings. The molecule has 4 heteroatoms. The molecule has 0 aromatic heterocycles. The van der Waals surface area contributed by atoms with Crippen molar-refractivity contribution in [2.24, 2.45) is 0 Å². The monoisotopic (exact) mass is 222 g/mol. The quantitative estimate of drug-likeness (QED) is 0.792. The van der Waals surface area contributed by atoms with Crippen LogP contribution in [0.3, 0.4) is 0 Å². The number of carboxylic acid groups (broad SMARTS) is 1. The standard InChI is InChI=1S/C12H14O4/c1-3-10(12(15)16-2)8-4-6-9(7-5-8)11(13)14/h4-7,10H,3H2,1-2H3,(H,13,14). The number of carbonyl (C=O) groups excluding carboxylic acids is 1. The van der Waals surface area contributed by atoms with Crippen molar-refractivity contribution in [3.8, 4) is 0 Å². The van der Waals surface area contributed by atoms with Gasteiger partial charge >= 0.3 is 11.9 Å². The van der Waals surface area contributed by atoms with Crippen molar-refractivity contribution in [2.75, 3.05) is 7.11 Å². The first-order valence-corrected chi connectivity index (χ1v) is 5.01. The van der Waals surface area contributed by atoms with Crippen molar-refractivity contribution in [1.29, 1.82) is 0 Å². The Morgan fingerprint density at radius 2 is 1.88 bits per heavy atom. The summed E-state index contributed by atoms with van der Waals surface area (Å²) in [7, 11) is 1.34. The van der Waals surface area contributed by atoms with Crippen LogP contribution in [0, 0.1) is 0 Å². The molecular formula is C12H14O4. The van der Waals surface area contributed by atoms with Gasteiger partial charge in [0.05, 0.1) is 18.6 Å². The summed E-state index contributed by atoms with van der Waals surface area (Å²) in [6.45, 7) is 1.88. The molecule has 1 unspecified atom stereocenters. The zero-order valence-electron chi connectivity index (χ0n) is 9.27. The summed E-state index contributed by atoms with van der Waals surface area (Å²) in [6.07, 6.45) is 0.624. The Balaban J connectivity index is 2.95. The number of benzene rings is 1. The minimum atomic E-state index is -0.974. The maximum Gasteiger partial charge on any atom is 0.335 e. The van der Waals surface area contributed by atoms with Crippen LogP contribution in [0.15, 0.2) is 24.3 Å². The van der Waals surface area contributed by atoms with E-state index in [0.29, 0.717) is 6.42 Å². The summed E-state index contributed by atoms with van der Waals surface area (Å²) in [5.74, 6) is -1.60. The SMILES string of the molecule is CCC(C(=O)OC)c1ccc(C(=O)O)cc1. The molecule has 0 heterocycles. The number of esters is 1. The van der Waals surface area contributed by atoms with Crippen LogP contribution in [-0.4, -0.2) is 24.2 Å². The molecule has 0 radical (unpaired) electrons. The van der Waals surface area contributed by atoms with Gasteiger partial charge in [0.15, 0.2) is 0 Å². The van der Waals surface area contributed by atoms with E-state index >= 15 is 0 Å². The van der Waals surface area contributed by atoms with Gasteiger partial charge in [-0.15, -0.1) is 0 Å². The first-order chi connectivity index (χ1) is 7.60. The molecule has 1 atom stereocenters. The zero-order valence-corrected chi connectivity index (χ0v) is 9.27. The number of carbonyl (C=O) groups is 2. The van der Waals surface area contributed by atoms with E-state index in [1.54, 1.807) is 12.1 Å². The van der Waals surface area contributed by atoms with Crippen LogP contribution < -0.4 is 0 Å². The van der Waals surface area contributed by atoms with Gasteiger partial charge in [-0.2, -0.15) is 0 Å². The molecule has 0 aliphatic rings. The lowest BCUT2D eigenvalue weighted by Crippen LogP contribution is -2.13. The first kappa shape index (κ1) is 12.2. The second kappa shape index (κ2) is 5.30. The van der Waals surface area contributed by atoms with Gasteiger partial charge in [-0.1, -0.05) is 19.1 Å². The highest BCUT2D eigenvalue weighted by Gasteiger charge is 2.19. The highest BCUT2D eigenvalue weighted by molar-refractivity contribution is 5.87. The maximum atomic E-state index is 11.4. The second-order valence-electron chi connectivity index (χ2n) is 3.41. The Hall–Kier alpha value is -1.84. The molecule has 16 heavy (non-hydrogen) atoms. The Labute approximate surface area is 93.9 Å². The summed E-state index contributed by atoms with van der Waals surface area (Å²) in [6, 6.07) is 6.27. The lowest BCUT2D eigenvalue weighted by molar-refractivity contribution is -0.142. The molecule has 1 aromatic carbocycles. The topological polar surface area (TPSA) is 63.6 Å². The van der Waals surface area contributed by atoms with Crippen molar-refractivity contribution in [1.82, 2.24) is 0 Å². The maximum absolute atomic E-state index is 11.4. The fourth-order valence-electron chi connectivity index (χ4n) is 1.54. The smallest absolute Gasteiger partial charge is 0.335 e. The molecule has 0 fully saturated rings. The fourth-order valence-corrected chi connectivity index (χ4v) is 1.54. The van der Waals surface area contributed by atoms with Crippen LogP contribution >= 0.6 is 0 Å². The van der Waals surface area contributed by atoms with E-state index in [4.69, 9.17) is 5.11 Å². The number of hydrogen-bond acceptors (Lipinski definition) is 3. The minimum absolute atomic E-state index is 0.212. The number of hydrogen-bond donors (Lipinski definition) is 1. The molecule has 0 aliphatic carbocycles. The largest absolute Gasteiger partial charge is 0.478 e. The van der Waals surface area contributed by atoms with Crippen LogP contribution in [0.25, 0.3) is 0 Å². The second-order valence-corrected chi connectivity index (χ2v) is 3.41. The van der Waals surface area contributed by atoms with E-state index in [2.05, 4.69) is 4.74 Å².